The normalized spacial score (nSPS) is 21.4. The van der Waals surface area contributed by atoms with E-state index in [9.17, 15) is 0 Å². The summed E-state index contributed by atoms with van der Waals surface area (Å²) in [7, 11) is 0. The molecular weight excluding hydrogens is 206 g/mol. The standard InChI is InChI=1S/C16H23N/c1-3-7-15(8-4-1)17(13-14-11-12-14)16-9-5-2-6-10-16/h1,3-4,7-8,14,16H,2,5-6,9-13H2. The van der Waals surface area contributed by atoms with Gasteiger partial charge in [0.25, 0.3) is 0 Å². The molecule has 1 aromatic carbocycles. The largest absolute Gasteiger partial charge is 0.368 e. The summed E-state index contributed by atoms with van der Waals surface area (Å²) < 4.78 is 0. The summed E-state index contributed by atoms with van der Waals surface area (Å²) in [4.78, 5) is 2.71. The van der Waals surface area contributed by atoms with Crippen molar-refractivity contribution in [2.45, 2.75) is 51.0 Å². The lowest BCUT2D eigenvalue weighted by atomic mass is 9.93. The second-order valence-electron chi connectivity index (χ2n) is 5.72. The molecule has 0 amide bonds. The van der Waals surface area contributed by atoms with Crippen molar-refractivity contribution in [3.8, 4) is 0 Å². The Balaban J connectivity index is 1.75. The summed E-state index contributed by atoms with van der Waals surface area (Å²) >= 11 is 0. The molecule has 1 nitrogen and oxygen atoms in total. The van der Waals surface area contributed by atoms with Gasteiger partial charge in [-0.25, -0.2) is 0 Å². The highest BCUT2D eigenvalue weighted by Gasteiger charge is 2.28. The fourth-order valence-electron chi connectivity index (χ4n) is 3.06. The van der Waals surface area contributed by atoms with E-state index in [1.54, 1.807) is 0 Å². The van der Waals surface area contributed by atoms with Crippen LogP contribution in [-0.4, -0.2) is 12.6 Å². The van der Waals surface area contributed by atoms with E-state index in [1.807, 2.05) is 0 Å². The zero-order chi connectivity index (χ0) is 11.5. The molecule has 0 aromatic heterocycles. The van der Waals surface area contributed by atoms with Crippen LogP contribution in [0.25, 0.3) is 0 Å². The van der Waals surface area contributed by atoms with Gasteiger partial charge in [0, 0.05) is 18.3 Å². The average Bonchev–Trinajstić information content (AvgIpc) is 3.22. The third-order valence-electron chi connectivity index (χ3n) is 4.26. The van der Waals surface area contributed by atoms with E-state index in [2.05, 4.69) is 35.2 Å². The molecule has 1 aromatic rings. The van der Waals surface area contributed by atoms with Gasteiger partial charge < -0.3 is 4.90 Å². The van der Waals surface area contributed by atoms with Gasteiger partial charge in [-0.2, -0.15) is 0 Å². The fraction of sp³-hybridized carbons (Fsp3) is 0.625. The number of anilines is 1. The van der Waals surface area contributed by atoms with E-state index in [0.29, 0.717) is 0 Å². The van der Waals surface area contributed by atoms with Crippen molar-refractivity contribution in [1.29, 1.82) is 0 Å². The highest BCUT2D eigenvalue weighted by Crippen LogP contribution is 2.34. The first-order chi connectivity index (χ1) is 8.43. The molecule has 2 aliphatic rings. The Labute approximate surface area is 105 Å². The van der Waals surface area contributed by atoms with Crippen molar-refractivity contribution in [2.75, 3.05) is 11.4 Å². The molecule has 0 saturated heterocycles. The number of para-hydroxylation sites is 1. The Hall–Kier alpha value is -0.980. The van der Waals surface area contributed by atoms with Gasteiger partial charge in [-0.05, 0) is 43.7 Å². The molecule has 1 heteroatoms. The lowest BCUT2D eigenvalue weighted by Gasteiger charge is -2.36. The molecule has 0 atom stereocenters. The van der Waals surface area contributed by atoms with Crippen molar-refractivity contribution < 1.29 is 0 Å². The Morgan fingerprint density at radius 2 is 1.59 bits per heavy atom. The SMILES string of the molecule is c1ccc(N(CC2CC2)C2CCCCC2)cc1. The van der Waals surface area contributed by atoms with Crippen molar-refractivity contribution in [3.63, 3.8) is 0 Å². The van der Waals surface area contributed by atoms with Crippen molar-refractivity contribution >= 4 is 5.69 Å². The van der Waals surface area contributed by atoms with Crippen molar-refractivity contribution in [2.24, 2.45) is 5.92 Å². The highest BCUT2D eigenvalue weighted by molar-refractivity contribution is 5.47. The maximum absolute atomic E-state index is 2.71. The molecule has 0 heterocycles. The van der Waals surface area contributed by atoms with Crippen LogP contribution in [0.5, 0.6) is 0 Å². The third-order valence-corrected chi connectivity index (χ3v) is 4.26. The molecule has 3 rings (SSSR count). The van der Waals surface area contributed by atoms with Crippen molar-refractivity contribution in [3.05, 3.63) is 30.3 Å². The quantitative estimate of drug-likeness (QED) is 0.746. The molecule has 0 unspecified atom stereocenters. The van der Waals surface area contributed by atoms with Gasteiger partial charge in [0.1, 0.15) is 0 Å². The second-order valence-corrected chi connectivity index (χ2v) is 5.72. The Morgan fingerprint density at radius 3 is 2.24 bits per heavy atom. The van der Waals surface area contributed by atoms with Crippen LogP contribution in [0.15, 0.2) is 30.3 Å². The van der Waals surface area contributed by atoms with Crippen LogP contribution in [0.4, 0.5) is 5.69 Å². The van der Waals surface area contributed by atoms with E-state index in [1.165, 1.54) is 57.2 Å². The zero-order valence-electron chi connectivity index (χ0n) is 10.6. The molecule has 0 spiro atoms. The summed E-state index contributed by atoms with van der Waals surface area (Å²) in [6, 6.07) is 11.9. The minimum absolute atomic E-state index is 0.812. The molecule has 0 radical (unpaired) electrons. The first-order valence-electron chi connectivity index (χ1n) is 7.25. The van der Waals surface area contributed by atoms with Crippen LogP contribution < -0.4 is 4.90 Å². The molecule has 0 N–H and O–H groups in total. The number of rotatable bonds is 4. The van der Waals surface area contributed by atoms with E-state index in [-0.39, 0.29) is 0 Å². The molecular formula is C16H23N. The highest BCUT2D eigenvalue weighted by atomic mass is 15.2. The third kappa shape index (κ3) is 2.83. The summed E-state index contributed by atoms with van der Waals surface area (Å²) in [6.07, 6.45) is 10.0. The van der Waals surface area contributed by atoms with Gasteiger partial charge >= 0.3 is 0 Å². The zero-order valence-corrected chi connectivity index (χ0v) is 10.6. The van der Waals surface area contributed by atoms with Crippen LogP contribution in [0.3, 0.4) is 0 Å². The van der Waals surface area contributed by atoms with E-state index >= 15 is 0 Å². The number of hydrogen-bond donors (Lipinski definition) is 0. The smallest absolute Gasteiger partial charge is 0.0368 e. The molecule has 2 fully saturated rings. The van der Waals surface area contributed by atoms with Gasteiger partial charge in [0.2, 0.25) is 0 Å². The van der Waals surface area contributed by atoms with E-state index in [4.69, 9.17) is 0 Å². The summed E-state index contributed by atoms with van der Waals surface area (Å²) in [6.45, 7) is 1.30. The molecule has 2 saturated carbocycles. The lowest BCUT2D eigenvalue weighted by molar-refractivity contribution is 0.410. The Morgan fingerprint density at radius 1 is 0.882 bits per heavy atom. The van der Waals surface area contributed by atoms with E-state index < -0.39 is 0 Å². The van der Waals surface area contributed by atoms with Crippen molar-refractivity contribution in [1.82, 2.24) is 0 Å². The van der Waals surface area contributed by atoms with Gasteiger partial charge in [0.05, 0.1) is 0 Å². The molecule has 17 heavy (non-hydrogen) atoms. The molecule has 92 valence electrons. The number of nitrogens with zero attached hydrogens (tertiary/aromatic N) is 1. The van der Waals surface area contributed by atoms with Gasteiger partial charge in [-0.1, -0.05) is 37.5 Å². The monoisotopic (exact) mass is 229 g/mol. The van der Waals surface area contributed by atoms with E-state index in [0.717, 1.165) is 12.0 Å². The average molecular weight is 229 g/mol. The van der Waals surface area contributed by atoms with Crippen LogP contribution in [-0.2, 0) is 0 Å². The maximum Gasteiger partial charge on any atom is 0.0368 e. The molecule has 0 bridgehead atoms. The molecule has 0 aliphatic heterocycles. The summed E-state index contributed by atoms with van der Waals surface area (Å²) in [5.41, 5.74) is 1.45. The summed E-state index contributed by atoms with van der Waals surface area (Å²) in [5.74, 6) is 0.983. The first kappa shape index (κ1) is 11.1. The topological polar surface area (TPSA) is 3.24 Å². The van der Waals surface area contributed by atoms with Gasteiger partial charge in [0.15, 0.2) is 0 Å². The van der Waals surface area contributed by atoms with Crippen LogP contribution >= 0.6 is 0 Å². The fourth-order valence-corrected chi connectivity index (χ4v) is 3.06. The number of benzene rings is 1. The minimum Gasteiger partial charge on any atom is -0.368 e. The maximum atomic E-state index is 2.71. The number of hydrogen-bond acceptors (Lipinski definition) is 1. The lowest BCUT2D eigenvalue weighted by Crippen LogP contribution is -2.38. The Kier molecular flexibility index (Phi) is 3.35. The predicted molar refractivity (Wildman–Crippen MR) is 73.4 cm³/mol. The van der Waals surface area contributed by atoms with Gasteiger partial charge in [-0.3, -0.25) is 0 Å². The van der Waals surface area contributed by atoms with Crippen LogP contribution in [0, 0.1) is 5.92 Å². The van der Waals surface area contributed by atoms with Crippen LogP contribution in [0.2, 0.25) is 0 Å². The Bertz CT molecular complexity index is 336. The first-order valence-corrected chi connectivity index (χ1v) is 7.25. The molecule has 2 aliphatic carbocycles. The van der Waals surface area contributed by atoms with Gasteiger partial charge in [-0.15, -0.1) is 0 Å². The van der Waals surface area contributed by atoms with Crippen LogP contribution in [0.1, 0.15) is 44.9 Å². The predicted octanol–water partition coefficient (Wildman–Crippen LogP) is 4.24. The minimum atomic E-state index is 0.812. The second kappa shape index (κ2) is 5.12. The summed E-state index contributed by atoms with van der Waals surface area (Å²) in [5, 5.41) is 0.